The van der Waals surface area contributed by atoms with Gasteiger partial charge in [0, 0.05) is 37.8 Å². The van der Waals surface area contributed by atoms with Crippen LogP contribution in [0, 0.1) is 28.6 Å². The normalized spacial score (nSPS) is 30.8. The molecule has 0 N–H and O–H groups in total. The summed E-state index contributed by atoms with van der Waals surface area (Å²) in [5.74, 6) is 2.39. The van der Waals surface area contributed by atoms with Gasteiger partial charge in [0.1, 0.15) is 0 Å². The lowest BCUT2D eigenvalue weighted by molar-refractivity contribution is 0.109. The van der Waals surface area contributed by atoms with Crippen LogP contribution in [0.25, 0.3) is 0 Å². The van der Waals surface area contributed by atoms with Crippen molar-refractivity contribution in [1.82, 2.24) is 14.7 Å². The minimum atomic E-state index is 0.188. The molecule has 0 aromatic rings. The average Bonchev–Trinajstić information content (AvgIpc) is 3.49. The second-order valence-corrected chi connectivity index (χ2v) is 14.8. The third kappa shape index (κ3) is 6.57. The van der Waals surface area contributed by atoms with Crippen molar-refractivity contribution in [2.45, 2.75) is 157 Å². The fourth-order valence-corrected chi connectivity index (χ4v) is 9.47. The Hall–Kier alpha value is -1.03. The number of piperidine rings is 1. The van der Waals surface area contributed by atoms with Gasteiger partial charge in [0.15, 0.2) is 0 Å². The number of nitrogens with zero attached hydrogens (tertiary/aromatic N) is 3. The van der Waals surface area contributed by atoms with E-state index in [9.17, 15) is 4.79 Å². The Labute approximate surface area is 243 Å². The molecular weight excluding hydrogens is 478 g/mol. The van der Waals surface area contributed by atoms with Crippen molar-refractivity contribution in [3.05, 3.63) is 11.6 Å². The van der Waals surface area contributed by atoms with E-state index >= 15 is 0 Å². The second kappa shape index (κ2) is 13.3. The van der Waals surface area contributed by atoms with Gasteiger partial charge in [0.2, 0.25) is 0 Å². The number of carbonyl (C=O) groups is 1. The lowest BCUT2D eigenvalue weighted by Gasteiger charge is -2.39. The molecule has 1 aliphatic heterocycles. The Kier molecular flexibility index (Phi) is 11.1. The van der Waals surface area contributed by atoms with Crippen LogP contribution in [0.2, 0.25) is 0 Å². The number of allylic oxidation sites excluding steroid dienone is 1. The molecule has 1 saturated heterocycles. The van der Waals surface area contributed by atoms with Crippen molar-refractivity contribution in [1.29, 1.82) is 0 Å². The van der Waals surface area contributed by atoms with Gasteiger partial charge in [-0.05, 0) is 122 Å². The van der Waals surface area contributed by atoms with Crippen molar-refractivity contribution in [2.75, 3.05) is 20.6 Å². The zero-order valence-corrected chi connectivity index (χ0v) is 27.9. The Morgan fingerprint density at radius 3 is 2.31 bits per heavy atom. The largest absolute Gasteiger partial charge is 0.324 e. The van der Waals surface area contributed by atoms with Crippen LogP contribution in [-0.4, -0.2) is 65.5 Å². The highest BCUT2D eigenvalue weighted by atomic mass is 16.2. The first-order chi connectivity index (χ1) is 18.3. The predicted octanol–water partition coefficient (Wildman–Crippen LogP) is 9.01. The summed E-state index contributed by atoms with van der Waals surface area (Å²) >= 11 is 0. The standard InChI is InChI=1S/C35H65N3O/c1-12-15-27(7)22-31(37(11)33(39)38(25(3)4)26(5)6)18-17-28(8)30(13-2)16-14-20-35-24-36(10)32-23-34(32,35)21-19-29(35)9/h15,25-26,28-32H,12-14,16-24H2,1-11H3/b27-15+/t28?,29?,30?,31-,32-,34-,35+/m0/s1. The van der Waals surface area contributed by atoms with E-state index in [1.165, 1.54) is 63.5 Å². The van der Waals surface area contributed by atoms with Crippen LogP contribution in [-0.2, 0) is 0 Å². The summed E-state index contributed by atoms with van der Waals surface area (Å²) in [5, 5.41) is 0. The number of hydrogen-bond acceptors (Lipinski definition) is 2. The molecule has 226 valence electrons. The average molecular weight is 544 g/mol. The molecule has 2 aliphatic carbocycles. The third-order valence-corrected chi connectivity index (χ3v) is 11.8. The molecule has 3 unspecified atom stereocenters. The molecule has 2 amide bonds. The van der Waals surface area contributed by atoms with E-state index in [-0.39, 0.29) is 24.2 Å². The molecule has 0 aromatic heterocycles. The Morgan fingerprint density at radius 2 is 1.74 bits per heavy atom. The van der Waals surface area contributed by atoms with Gasteiger partial charge in [0.25, 0.3) is 0 Å². The van der Waals surface area contributed by atoms with Crippen LogP contribution in [0.1, 0.15) is 133 Å². The Bertz CT molecular complexity index is 828. The van der Waals surface area contributed by atoms with E-state index < -0.39 is 0 Å². The first kappa shape index (κ1) is 32.5. The molecule has 0 aromatic carbocycles. The van der Waals surface area contributed by atoms with Crippen molar-refractivity contribution in [3.8, 4) is 0 Å². The smallest absolute Gasteiger partial charge is 0.320 e. The highest BCUT2D eigenvalue weighted by molar-refractivity contribution is 5.75. The summed E-state index contributed by atoms with van der Waals surface area (Å²) in [7, 11) is 4.44. The number of hydrogen-bond donors (Lipinski definition) is 0. The van der Waals surface area contributed by atoms with Gasteiger partial charge >= 0.3 is 6.03 Å². The molecule has 39 heavy (non-hydrogen) atoms. The van der Waals surface area contributed by atoms with Crippen LogP contribution in [0.15, 0.2) is 11.6 Å². The summed E-state index contributed by atoms with van der Waals surface area (Å²) in [6, 6.07) is 1.77. The maximum absolute atomic E-state index is 13.6. The van der Waals surface area contributed by atoms with Crippen molar-refractivity contribution >= 4 is 6.03 Å². The summed E-state index contributed by atoms with van der Waals surface area (Å²) in [6.07, 6.45) is 16.6. The third-order valence-electron chi connectivity index (χ3n) is 11.8. The monoisotopic (exact) mass is 544 g/mol. The predicted molar refractivity (Wildman–Crippen MR) is 168 cm³/mol. The molecule has 4 heteroatoms. The molecule has 1 heterocycles. The fraction of sp³-hybridized carbons (Fsp3) is 0.914. The van der Waals surface area contributed by atoms with Gasteiger partial charge in [-0.2, -0.15) is 0 Å². The molecule has 4 nitrogen and oxygen atoms in total. The highest BCUT2D eigenvalue weighted by Gasteiger charge is 2.75. The molecule has 3 fully saturated rings. The quantitative estimate of drug-likeness (QED) is 0.193. The SMILES string of the molecule is CC/C=C(\C)C[C@H](CCC(C)C(CC)CCC[C@]12CN(C)[C@H]3C[C@@]31CCC2C)N(C)C(=O)N(C(C)C)C(C)C. The van der Waals surface area contributed by atoms with Crippen LogP contribution in [0.3, 0.4) is 0 Å². The maximum atomic E-state index is 13.6. The lowest BCUT2D eigenvalue weighted by atomic mass is 9.67. The van der Waals surface area contributed by atoms with E-state index in [1.54, 1.807) is 0 Å². The van der Waals surface area contributed by atoms with Crippen molar-refractivity contribution in [3.63, 3.8) is 0 Å². The Balaban J connectivity index is 1.60. The van der Waals surface area contributed by atoms with Crippen LogP contribution in [0.5, 0.6) is 0 Å². The molecule has 7 atom stereocenters. The maximum Gasteiger partial charge on any atom is 0.320 e. The molecular formula is C35H65N3O. The highest BCUT2D eigenvalue weighted by Crippen LogP contribution is 2.76. The van der Waals surface area contributed by atoms with E-state index in [4.69, 9.17) is 0 Å². The van der Waals surface area contributed by atoms with Gasteiger partial charge in [-0.15, -0.1) is 0 Å². The van der Waals surface area contributed by atoms with E-state index in [1.807, 2.05) is 11.9 Å². The number of rotatable bonds is 15. The van der Waals surface area contributed by atoms with Gasteiger partial charge in [-0.1, -0.05) is 58.6 Å². The zero-order chi connectivity index (χ0) is 29.1. The summed E-state index contributed by atoms with van der Waals surface area (Å²) in [4.78, 5) is 20.4. The molecule has 3 rings (SSSR count). The minimum absolute atomic E-state index is 0.188. The van der Waals surface area contributed by atoms with Gasteiger partial charge in [-0.3, -0.25) is 0 Å². The summed E-state index contributed by atoms with van der Waals surface area (Å²) in [5.41, 5.74) is 2.70. The lowest BCUT2D eigenvalue weighted by Crippen LogP contribution is -2.51. The number of carbonyl (C=O) groups excluding carboxylic acids is 1. The van der Waals surface area contributed by atoms with E-state index in [0.717, 1.165) is 37.1 Å². The molecule has 3 aliphatic rings. The van der Waals surface area contributed by atoms with E-state index in [0.29, 0.717) is 16.7 Å². The number of amides is 2. The first-order valence-corrected chi connectivity index (χ1v) is 16.8. The van der Waals surface area contributed by atoms with Crippen LogP contribution in [0.4, 0.5) is 4.79 Å². The Morgan fingerprint density at radius 1 is 1.08 bits per heavy atom. The summed E-state index contributed by atoms with van der Waals surface area (Å²) < 4.78 is 0. The van der Waals surface area contributed by atoms with Gasteiger partial charge in [0.05, 0.1) is 0 Å². The number of urea groups is 1. The topological polar surface area (TPSA) is 26.8 Å². The fourth-order valence-electron chi connectivity index (χ4n) is 9.47. The van der Waals surface area contributed by atoms with Crippen LogP contribution >= 0.6 is 0 Å². The number of likely N-dealkylation sites (tertiary alicyclic amines) is 1. The summed E-state index contributed by atoms with van der Waals surface area (Å²) in [6.45, 7) is 21.8. The molecule has 2 saturated carbocycles. The first-order valence-electron chi connectivity index (χ1n) is 16.8. The zero-order valence-electron chi connectivity index (χ0n) is 27.9. The molecule has 0 radical (unpaired) electrons. The van der Waals surface area contributed by atoms with Crippen molar-refractivity contribution in [2.24, 2.45) is 28.6 Å². The molecule has 1 spiro atoms. The van der Waals surface area contributed by atoms with Gasteiger partial charge in [-0.25, -0.2) is 4.79 Å². The van der Waals surface area contributed by atoms with Gasteiger partial charge < -0.3 is 14.7 Å². The minimum Gasteiger partial charge on any atom is -0.324 e. The van der Waals surface area contributed by atoms with Crippen LogP contribution < -0.4 is 0 Å². The van der Waals surface area contributed by atoms with E-state index in [2.05, 4.69) is 85.2 Å². The van der Waals surface area contributed by atoms with Crippen molar-refractivity contribution < 1.29 is 4.79 Å². The molecule has 0 bridgehead atoms. The second-order valence-electron chi connectivity index (χ2n) is 14.8.